The maximum Gasteiger partial charge on any atom is 0.293 e. The summed E-state index contributed by atoms with van der Waals surface area (Å²) in [5, 5.41) is 15.5. The number of anilines is 1. The lowest BCUT2D eigenvalue weighted by molar-refractivity contribution is 0.0953. The lowest BCUT2D eigenvalue weighted by Crippen LogP contribution is -2.33. The minimum atomic E-state index is -0.411. The molecule has 1 aromatic heterocycles. The van der Waals surface area contributed by atoms with Crippen LogP contribution >= 0.6 is 12.2 Å². The maximum atomic E-state index is 12.1. The molecule has 3 aromatic rings. The molecular formula is C17H14N2O3S. The Balaban J connectivity index is 1.65. The zero-order valence-corrected chi connectivity index (χ0v) is 12.9. The van der Waals surface area contributed by atoms with Gasteiger partial charge in [0.1, 0.15) is 5.58 Å². The van der Waals surface area contributed by atoms with Crippen LogP contribution in [0.2, 0.25) is 0 Å². The number of rotatable bonds is 3. The molecule has 0 aliphatic carbocycles. The number of amides is 1. The first-order valence-corrected chi connectivity index (χ1v) is 7.37. The second-order valence-electron chi connectivity index (χ2n) is 4.91. The van der Waals surface area contributed by atoms with Crippen molar-refractivity contribution in [2.24, 2.45) is 0 Å². The largest absolute Gasteiger partial charge is 0.451 e. The molecule has 5 nitrogen and oxygen atoms in total. The first kappa shape index (κ1) is 15.2. The van der Waals surface area contributed by atoms with Crippen LogP contribution in [-0.4, -0.2) is 16.1 Å². The lowest BCUT2D eigenvalue weighted by Gasteiger charge is -2.08. The fourth-order valence-corrected chi connectivity index (χ4v) is 2.32. The van der Waals surface area contributed by atoms with Crippen molar-refractivity contribution in [3.05, 3.63) is 65.9 Å². The highest BCUT2D eigenvalue weighted by atomic mass is 32.1. The molecule has 0 saturated carbocycles. The number of nitrogens with one attached hydrogen (secondary N) is 2. The molecule has 3 rings (SSSR count). The fourth-order valence-electron chi connectivity index (χ4n) is 2.11. The predicted octanol–water partition coefficient (Wildman–Crippen LogP) is 3.05. The van der Waals surface area contributed by atoms with E-state index in [1.807, 2.05) is 18.2 Å². The van der Waals surface area contributed by atoms with Gasteiger partial charge >= 0.3 is 0 Å². The Morgan fingerprint density at radius 1 is 1.13 bits per heavy atom. The van der Waals surface area contributed by atoms with Gasteiger partial charge in [-0.1, -0.05) is 30.3 Å². The van der Waals surface area contributed by atoms with Gasteiger partial charge in [0.25, 0.3) is 5.91 Å². The number of furan rings is 1. The van der Waals surface area contributed by atoms with E-state index in [0.717, 1.165) is 16.6 Å². The van der Waals surface area contributed by atoms with E-state index in [1.165, 1.54) is 0 Å². The van der Waals surface area contributed by atoms with Gasteiger partial charge in [-0.05, 0) is 42.0 Å². The van der Waals surface area contributed by atoms with E-state index in [9.17, 15) is 4.79 Å². The second-order valence-corrected chi connectivity index (χ2v) is 5.32. The van der Waals surface area contributed by atoms with Gasteiger partial charge < -0.3 is 14.8 Å². The van der Waals surface area contributed by atoms with Crippen molar-refractivity contribution >= 4 is 39.9 Å². The molecule has 0 aliphatic rings. The van der Waals surface area contributed by atoms with Crippen molar-refractivity contribution in [3.8, 4) is 0 Å². The quantitative estimate of drug-likeness (QED) is 0.645. The highest BCUT2D eigenvalue weighted by Gasteiger charge is 2.13. The predicted molar refractivity (Wildman–Crippen MR) is 92.3 cm³/mol. The van der Waals surface area contributed by atoms with E-state index in [2.05, 4.69) is 10.6 Å². The van der Waals surface area contributed by atoms with Crippen LogP contribution in [0.25, 0.3) is 11.0 Å². The van der Waals surface area contributed by atoms with Gasteiger partial charge in [0.2, 0.25) is 0 Å². The highest BCUT2D eigenvalue weighted by Crippen LogP contribution is 2.18. The molecule has 0 spiro atoms. The molecule has 23 heavy (non-hydrogen) atoms. The normalized spacial score (nSPS) is 10.5. The van der Waals surface area contributed by atoms with Crippen LogP contribution in [0.5, 0.6) is 0 Å². The molecule has 3 N–H and O–H groups in total. The van der Waals surface area contributed by atoms with E-state index >= 15 is 0 Å². The summed E-state index contributed by atoms with van der Waals surface area (Å²) in [6.45, 7) is -0.0203. The third kappa shape index (κ3) is 3.56. The first-order chi connectivity index (χ1) is 11.2. The summed E-state index contributed by atoms with van der Waals surface area (Å²) in [7, 11) is 0. The van der Waals surface area contributed by atoms with Crippen molar-refractivity contribution in [3.63, 3.8) is 0 Å². The zero-order valence-electron chi connectivity index (χ0n) is 12.1. The molecule has 1 heterocycles. The van der Waals surface area contributed by atoms with Gasteiger partial charge in [-0.3, -0.25) is 10.1 Å². The van der Waals surface area contributed by atoms with Crippen LogP contribution in [0.4, 0.5) is 5.69 Å². The van der Waals surface area contributed by atoms with Crippen molar-refractivity contribution < 1.29 is 14.3 Å². The van der Waals surface area contributed by atoms with Crippen LogP contribution < -0.4 is 10.6 Å². The van der Waals surface area contributed by atoms with E-state index in [-0.39, 0.29) is 17.5 Å². The Labute approximate surface area is 137 Å². The number of thiocarbonyl (C=S) groups is 1. The Bertz CT molecular complexity index is 823. The van der Waals surface area contributed by atoms with Gasteiger partial charge in [-0.15, -0.1) is 0 Å². The van der Waals surface area contributed by atoms with Crippen molar-refractivity contribution in [1.29, 1.82) is 0 Å². The van der Waals surface area contributed by atoms with E-state index in [4.69, 9.17) is 21.7 Å². The number of para-hydroxylation sites is 1. The van der Waals surface area contributed by atoms with Crippen molar-refractivity contribution in [1.82, 2.24) is 5.32 Å². The average Bonchev–Trinajstić information content (AvgIpc) is 2.99. The number of aliphatic hydroxyl groups excluding tert-OH is 1. The molecule has 1 amide bonds. The molecule has 0 unspecified atom stereocenters. The summed E-state index contributed by atoms with van der Waals surface area (Å²) < 4.78 is 5.48. The summed E-state index contributed by atoms with van der Waals surface area (Å²) in [6.07, 6.45) is 0. The molecule has 0 bridgehead atoms. The van der Waals surface area contributed by atoms with E-state index < -0.39 is 5.91 Å². The molecule has 6 heteroatoms. The van der Waals surface area contributed by atoms with Crippen LogP contribution in [0.15, 0.2) is 59.0 Å². The minimum absolute atomic E-state index is 0.0203. The van der Waals surface area contributed by atoms with Crippen LogP contribution in [0, 0.1) is 0 Å². The molecular weight excluding hydrogens is 312 g/mol. The highest BCUT2D eigenvalue weighted by molar-refractivity contribution is 7.80. The van der Waals surface area contributed by atoms with Crippen LogP contribution in [0.3, 0.4) is 0 Å². The topological polar surface area (TPSA) is 74.5 Å². The Hall–Kier alpha value is -2.70. The number of aliphatic hydroxyl groups is 1. The third-order valence-corrected chi connectivity index (χ3v) is 3.47. The van der Waals surface area contributed by atoms with Crippen LogP contribution in [0.1, 0.15) is 16.1 Å². The maximum absolute atomic E-state index is 12.1. The second kappa shape index (κ2) is 6.60. The summed E-state index contributed by atoms with van der Waals surface area (Å²) in [5.41, 5.74) is 2.17. The van der Waals surface area contributed by atoms with Gasteiger partial charge in [-0.25, -0.2) is 0 Å². The number of hydrogen-bond donors (Lipinski definition) is 3. The number of benzene rings is 2. The summed E-state index contributed by atoms with van der Waals surface area (Å²) >= 11 is 5.12. The Kier molecular flexibility index (Phi) is 4.36. The van der Waals surface area contributed by atoms with E-state index in [0.29, 0.717) is 5.58 Å². The number of hydrogen-bond acceptors (Lipinski definition) is 4. The average molecular weight is 326 g/mol. The number of fused-ring (bicyclic) bond motifs is 1. The molecule has 0 radical (unpaired) electrons. The van der Waals surface area contributed by atoms with Gasteiger partial charge in [0, 0.05) is 11.1 Å². The molecule has 0 saturated heterocycles. The van der Waals surface area contributed by atoms with E-state index in [1.54, 1.807) is 36.4 Å². The molecule has 116 valence electrons. The summed E-state index contributed by atoms with van der Waals surface area (Å²) in [4.78, 5) is 12.1. The lowest BCUT2D eigenvalue weighted by atomic mass is 10.2. The Morgan fingerprint density at radius 3 is 2.57 bits per heavy atom. The van der Waals surface area contributed by atoms with Gasteiger partial charge in [0.05, 0.1) is 6.61 Å². The zero-order chi connectivity index (χ0) is 16.2. The number of carbonyl (C=O) groups is 1. The van der Waals surface area contributed by atoms with Crippen molar-refractivity contribution in [2.75, 3.05) is 5.32 Å². The standard InChI is InChI=1S/C17H14N2O3S/c20-10-11-5-7-13(8-6-11)18-17(23)19-16(21)15-9-12-3-1-2-4-14(12)22-15/h1-9,20H,10H2,(H2,18,19,21,23). The van der Waals surface area contributed by atoms with Crippen molar-refractivity contribution in [2.45, 2.75) is 6.61 Å². The van der Waals surface area contributed by atoms with Gasteiger partial charge in [0.15, 0.2) is 10.9 Å². The smallest absolute Gasteiger partial charge is 0.293 e. The summed E-state index contributed by atoms with van der Waals surface area (Å²) in [5.74, 6) is -0.211. The first-order valence-electron chi connectivity index (χ1n) is 6.96. The Morgan fingerprint density at radius 2 is 1.87 bits per heavy atom. The minimum Gasteiger partial charge on any atom is -0.451 e. The fraction of sp³-hybridized carbons (Fsp3) is 0.0588. The SMILES string of the molecule is O=C(NC(=S)Nc1ccc(CO)cc1)c1cc2ccccc2o1. The third-order valence-electron chi connectivity index (χ3n) is 3.27. The number of carbonyl (C=O) groups excluding carboxylic acids is 1. The molecule has 0 atom stereocenters. The molecule has 0 aliphatic heterocycles. The monoisotopic (exact) mass is 326 g/mol. The van der Waals surface area contributed by atoms with Crippen LogP contribution in [-0.2, 0) is 6.61 Å². The molecule has 2 aromatic carbocycles. The van der Waals surface area contributed by atoms with Gasteiger partial charge in [-0.2, -0.15) is 0 Å². The summed E-state index contributed by atoms with van der Waals surface area (Å²) in [6, 6.07) is 16.1. The molecule has 0 fully saturated rings.